The predicted molar refractivity (Wildman–Crippen MR) is 223 cm³/mol. The second kappa shape index (κ2) is 17.2. The molecule has 0 fully saturated rings. The van der Waals surface area contributed by atoms with Crippen molar-refractivity contribution in [3.05, 3.63) is 125 Å². The number of ether oxygens (including phenoxy) is 1. The molecule has 0 saturated carbocycles. The van der Waals surface area contributed by atoms with E-state index in [9.17, 15) is 18.0 Å². The summed E-state index contributed by atoms with van der Waals surface area (Å²) in [7, 11) is -4.24. The van der Waals surface area contributed by atoms with E-state index >= 15 is 0 Å². The number of para-hydroxylation sites is 1. The zero-order valence-electron chi connectivity index (χ0n) is 33.8. The molecule has 0 unspecified atom stereocenters. The lowest BCUT2D eigenvalue weighted by molar-refractivity contribution is -0.122. The Kier molecular flexibility index (Phi) is 12.8. The van der Waals surface area contributed by atoms with Crippen molar-refractivity contribution in [2.75, 3.05) is 10.6 Å². The molecule has 1 atom stereocenters. The first kappa shape index (κ1) is 41.7. The molecule has 10 nitrogen and oxygen atoms in total. The molecule has 11 heteroatoms. The molecular weight excluding hydrogens is 725 g/mol. The van der Waals surface area contributed by atoms with Crippen molar-refractivity contribution in [3.63, 3.8) is 0 Å². The Bertz CT molecular complexity index is 2260. The summed E-state index contributed by atoms with van der Waals surface area (Å²) in [5, 5.41) is 10.1. The molecule has 2 amide bonds. The molecule has 0 radical (unpaired) electrons. The second-order valence-corrected chi connectivity index (χ2v) is 17.1. The molecule has 5 rings (SSSR count). The molecule has 296 valence electrons. The van der Waals surface area contributed by atoms with Gasteiger partial charge >= 0.3 is 10.1 Å². The van der Waals surface area contributed by atoms with Crippen LogP contribution in [0.1, 0.15) is 115 Å². The number of hydrogen-bond donors (Lipinski definition) is 2. The van der Waals surface area contributed by atoms with Crippen molar-refractivity contribution in [3.8, 4) is 17.3 Å². The van der Waals surface area contributed by atoms with E-state index in [4.69, 9.17) is 8.92 Å². The molecular formula is C45H54N4O6S. The van der Waals surface area contributed by atoms with Crippen molar-refractivity contribution < 1.29 is 26.9 Å². The van der Waals surface area contributed by atoms with Crippen molar-refractivity contribution in [2.45, 2.75) is 109 Å². The summed E-state index contributed by atoms with van der Waals surface area (Å²) in [6.07, 6.45) is 1.52. The summed E-state index contributed by atoms with van der Waals surface area (Å²) in [6, 6.07) is 29.5. The Morgan fingerprint density at radius 1 is 0.786 bits per heavy atom. The second-order valence-electron chi connectivity index (χ2n) is 15.6. The zero-order chi connectivity index (χ0) is 40.8. The summed E-state index contributed by atoms with van der Waals surface area (Å²) < 4.78 is 40.1. The van der Waals surface area contributed by atoms with Gasteiger partial charge in [-0.3, -0.25) is 9.59 Å². The largest absolute Gasteiger partial charge is 0.480 e. The lowest BCUT2D eigenvalue weighted by Crippen LogP contribution is -2.33. The summed E-state index contributed by atoms with van der Waals surface area (Å²) >= 11 is 0. The monoisotopic (exact) mass is 778 g/mol. The SMILES string of the molecule is CC[C@@H](Oc1ccc(C(C)(C)CC)cc1C(C)(C)CC)C(=O)Nc1cccc(C(=O)Nc2cc(OS(=O)(=O)c3ccc(C(C)C)cc3)n(-c3ccccc3)n2)c1. The van der Waals surface area contributed by atoms with Gasteiger partial charge in [-0.1, -0.05) is 111 Å². The van der Waals surface area contributed by atoms with Gasteiger partial charge in [0.05, 0.1) is 5.69 Å². The number of anilines is 2. The molecule has 0 saturated heterocycles. The van der Waals surface area contributed by atoms with Crippen molar-refractivity contribution >= 4 is 33.4 Å². The van der Waals surface area contributed by atoms with E-state index in [-0.39, 0.29) is 44.8 Å². The average molecular weight is 779 g/mol. The number of benzene rings is 4. The minimum Gasteiger partial charge on any atom is -0.480 e. The van der Waals surface area contributed by atoms with Crippen LogP contribution >= 0.6 is 0 Å². The van der Waals surface area contributed by atoms with Gasteiger partial charge < -0.3 is 19.6 Å². The number of hydrogen-bond acceptors (Lipinski definition) is 7. The lowest BCUT2D eigenvalue weighted by atomic mass is 9.76. The average Bonchev–Trinajstić information content (AvgIpc) is 3.57. The highest BCUT2D eigenvalue weighted by molar-refractivity contribution is 7.87. The van der Waals surface area contributed by atoms with Gasteiger partial charge in [-0.2, -0.15) is 13.1 Å². The zero-order valence-corrected chi connectivity index (χ0v) is 34.7. The van der Waals surface area contributed by atoms with Crippen molar-refractivity contribution in [1.29, 1.82) is 0 Å². The van der Waals surface area contributed by atoms with Gasteiger partial charge in [-0.15, -0.1) is 5.10 Å². The fraction of sp³-hybridized carbons (Fsp3) is 0.356. The Labute approximate surface area is 331 Å². The fourth-order valence-electron chi connectivity index (χ4n) is 6.02. The van der Waals surface area contributed by atoms with Crippen LogP contribution in [0.2, 0.25) is 0 Å². The van der Waals surface area contributed by atoms with Crippen molar-refractivity contribution in [1.82, 2.24) is 9.78 Å². The van der Waals surface area contributed by atoms with Crippen LogP contribution in [-0.4, -0.2) is 36.1 Å². The highest BCUT2D eigenvalue weighted by Crippen LogP contribution is 2.39. The van der Waals surface area contributed by atoms with Crippen LogP contribution in [0.15, 0.2) is 108 Å². The minimum absolute atomic E-state index is 0.00494. The van der Waals surface area contributed by atoms with Gasteiger partial charge in [0.15, 0.2) is 11.9 Å². The molecule has 1 heterocycles. The van der Waals surface area contributed by atoms with E-state index < -0.39 is 22.1 Å². The highest BCUT2D eigenvalue weighted by Gasteiger charge is 2.29. The number of nitrogens with zero attached hydrogens (tertiary/aromatic N) is 2. The van der Waals surface area contributed by atoms with Gasteiger partial charge in [0.2, 0.25) is 5.88 Å². The first-order chi connectivity index (χ1) is 26.5. The molecule has 0 spiro atoms. The number of amides is 2. The number of rotatable bonds is 16. The Balaban J connectivity index is 1.34. The molecule has 0 aliphatic carbocycles. The standard InChI is InChI=1S/C45H54N4O6S/c1-10-38(54-39-26-23-33(44(6,7)11-2)28-37(39)45(8,9)12-3)43(51)46-34-18-16-17-32(27-34)42(50)47-40-29-41(49(48-40)35-19-14-13-15-20-35)55-56(52,53)36-24-21-31(22-25-36)30(4)5/h13-30,38H,10-12H2,1-9H3,(H,46,51)(H,47,48,50)/t38-/m1/s1. The maximum absolute atomic E-state index is 13.6. The molecule has 0 aliphatic heterocycles. The fourth-order valence-corrected chi connectivity index (χ4v) is 6.93. The third-order valence-corrected chi connectivity index (χ3v) is 11.8. The lowest BCUT2D eigenvalue weighted by Gasteiger charge is -2.31. The van der Waals surface area contributed by atoms with E-state index in [1.54, 1.807) is 60.7 Å². The number of carbonyl (C=O) groups is 2. The van der Waals surface area contributed by atoms with Gasteiger partial charge in [0, 0.05) is 22.9 Å². The highest BCUT2D eigenvalue weighted by atomic mass is 32.2. The van der Waals surface area contributed by atoms with Crippen molar-refractivity contribution in [2.24, 2.45) is 0 Å². The maximum atomic E-state index is 13.6. The quantitative estimate of drug-likeness (QED) is 0.0955. The van der Waals surface area contributed by atoms with Gasteiger partial charge in [-0.25, -0.2) is 0 Å². The predicted octanol–water partition coefficient (Wildman–Crippen LogP) is 10.2. The van der Waals surface area contributed by atoms with Gasteiger partial charge in [0.1, 0.15) is 10.6 Å². The van der Waals surface area contributed by atoms with E-state index in [0.29, 0.717) is 23.5 Å². The van der Waals surface area contributed by atoms with Crippen LogP contribution in [0.4, 0.5) is 11.5 Å². The number of aromatic nitrogens is 2. The van der Waals surface area contributed by atoms with Gasteiger partial charge in [-0.05, 0) is 95.7 Å². The van der Waals surface area contributed by atoms with E-state index in [0.717, 1.165) is 24.0 Å². The summed E-state index contributed by atoms with van der Waals surface area (Å²) in [4.78, 5) is 27.2. The summed E-state index contributed by atoms with van der Waals surface area (Å²) in [5.74, 6) is -0.00426. The summed E-state index contributed by atoms with van der Waals surface area (Å²) in [6.45, 7) is 19.1. The topological polar surface area (TPSA) is 129 Å². The molecule has 5 aromatic rings. The van der Waals surface area contributed by atoms with Crippen LogP contribution in [0.3, 0.4) is 0 Å². The normalized spacial score (nSPS) is 12.6. The Morgan fingerprint density at radius 2 is 1.46 bits per heavy atom. The number of nitrogens with one attached hydrogen (secondary N) is 2. The molecule has 56 heavy (non-hydrogen) atoms. The van der Waals surface area contributed by atoms with Crippen LogP contribution < -0.4 is 19.6 Å². The van der Waals surface area contributed by atoms with Gasteiger partial charge in [0.25, 0.3) is 11.8 Å². The van der Waals surface area contributed by atoms with E-state index in [2.05, 4.69) is 69.4 Å². The third kappa shape index (κ3) is 9.68. The summed E-state index contributed by atoms with van der Waals surface area (Å²) in [5.41, 5.74) is 4.28. The maximum Gasteiger partial charge on any atom is 0.340 e. The van der Waals surface area contributed by atoms with Crippen LogP contribution in [0, 0.1) is 0 Å². The van der Waals surface area contributed by atoms with Crippen LogP contribution in [-0.2, 0) is 25.7 Å². The number of carbonyl (C=O) groups excluding carboxylic acids is 2. The Hall–Kier alpha value is -5.42. The molecule has 4 aromatic carbocycles. The first-order valence-corrected chi connectivity index (χ1v) is 20.6. The third-order valence-electron chi connectivity index (χ3n) is 10.5. The Morgan fingerprint density at radius 3 is 2.09 bits per heavy atom. The molecule has 2 N–H and O–H groups in total. The smallest absolute Gasteiger partial charge is 0.340 e. The molecule has 1 aromatic heterocycles. The van der Waals surface area contributed by atoms with Crippen LogP contribution in [0.5, 0.6) is 11.6 Å². The van der Waals surface area contributed by atoms with E-state index in [1.165, 1.54) is 28.4 Å². The molecule has 0 aliphatic rings. The molecule has 0 bridgehead atoms. The minimum atomic E-state index is -4.24. The first-order valence-electron chi connectivity index (χ1n) is 19.2. The van der Waals surface area contributed by atoms with E-state index in [1.807, 2.05) is 32.9 Å². The van der Waals surface area contributed by atoms with Crippen LogP contribution in [0.25, 0.3) is 5.69 Å².